The topological polar surface area (TPSA) is 26.3 Å². The van der Waals surface area contributed by atoms with Crippen LogP contribution in [0.2, 0.25) is 0 Å². The number of carbonyl (C=O) groups excluding carboxylic acids is 1. The first-order valence-electron chi connectivity index (χ1n) is 5.28. The Morgan fingerprint density at radius 3 is 2.69 bits per heavy atom. The molecule has 0 heterocycles. The normalized spacial score (nSPS) is 41.4. The summed E-state index contributed by atoms with van der Waals surface area (Å²) in [6, 6.07) is 0. The number of hydrogen-bond acceptors (Lipinski definition) is 2. The molecule has 13 heavy (non-hydrogen) atoms. The molecule has 2 unspecified atom stereocenters. The Hall–Kier alpha value is -0.530. The van der Waals surface area contributed by atoms with E-state index in [1.807, 2.05) is 6.92 Å². The largest absolute Gasteiger partial charge is 0.466 e. The Morgan fingerprint density at radius 1 is 1.46 bits per heavy atom. The minimum absolute atomic E-state index is 0.00752. The standard InChI is InChI=1S/C11H18O2/c1-3-13-9(12)7-11-6-4-5-10(11,2)8-11/h3-8H2,1-2H3. The van der Waals surface area contributed by atoms with Crippen molar-refractivity contribution in [2.24, 2.45) is 10.8 Å². The molecule has 74 valence electrons. The van der Waals surface area contributed by atoms with Gasteiger partial charge in [-0.2, -0.15) is 0 Å². The lowest BCUT2D eigenvalue weighted by Crippen LogP contribution is -2.14. The van der Waals surface area contributed by atoms with Crippen LogP contribution >= 0.6 is 0 Å². The highest BCUT2D eigenvalue weighted by atomic mass is 16.5. The van der Waals surface area contributed by atoms with Crippen LogP contribution < -0.4 is 0 Å². The molecule has 0 amide bonds. The van der Waals surface area contributed by atoms with Crippen LogP contribution in [0.4, 0.5) is 0 Å². The first-order chi connectivity index (χ1) is 6.12. The van der Waals surface area contributed by atoms with Crippen molar-refractivity contribution in [3.8, 4) is 0 Å². The van der Waals surface area contributed by atoms with Gasteiger partial charge in [-0.05, 0) is 37.0 Å². The summed E-state index contributed by atoms with van der Waals surface area (Å²) >= 11 is 0. The number of esters is 1. The molecule has 2 heteroatoms. The van der Waals surface area contributed by atoms with E-state index in [4.69, 9.17) is 4.74 Å². The van der Waals surface area contributed by atoms with Crippen molar-refractivity contribution in [2.45, 2.75) is 46.0 Å². The van der Waals surface area contributed by atoms with Gasteiger partial charge in [0, 0.05) is 0 Å². The van der Waals surface area contributed by atoms with E-state index in [1.165, 1.54) is 25.7 Å². The molecule has 2 nitrogen and oxygen atoms in total. The maximum atomic E-state index is 11.4. The zero-order valence-corrected chi connectivity index (χ0v) is 8.56. The predicted octanol–water partition coefficient (Wildman–Crippen LogP) is 2.52. The van der Waals surface area contributed by atoms with Gasteiger partial charge in [0.15, 0.2) is 0 Å². The molecule has 2 aliphatic carbocycles. The third kappa shape index (κ3) is 1.27. The third-order valence-electron chi connectivity index (χ3n) is 4.06. The number of ether oxygens (including phenoxy) is 1. The lowest BCUT2D eigenvalue weighted by molar-refractivity contribution is -0.144. The highest BCUT2D eigenvalue weighted by Crippen LogP contribution is 2.74. The second-order valence-electron chi connectivity index (χ2n) is 4.85. The first kappa shape index (κ1) is 9.04. The molecule has 0 aromatic rings. The average Bonchev–Trinajstić information content (AvgIpc) is 2.44. The monoisotopic (exact) mass is 182 g/mol. The molecule has 2 saturated carbocycles. The Kier molecular flexibility index (Phi) is 1.90. The van der Waals surface area contributed by atoms with E-state index in [2.05, 4.69) is 6.92 Å². The van der Waals surface area contributed by atoms with Crippen molar-refractivity contribution in [3.05, 3.63) is 0 Å². The Bertz CT molecular complexity index is 232. The van der Waals surface area contributed by atoms with Crippen LogP contribution in [0, 0.1) is 10.8 Å². The van der Waals surface area contributed by atoms with Crippen molar-refractivity contribution in [1.82, 2.24) is 0 Å². The second kappa shape index (κ2) is 2.73. The summed E-state index contributed by atoms with van der Waals surface area (Å²) in [5.41, 5.74) is 0.832. The van der Waals surface area contributed by atoms with Gasteiger partial charge in [-0.25, -0.2) is 0 Å². The molecule has 0 aromatic heterocycles. The van der Waals surface area contributed by atoms with E-state index in [-0.39, 0.29) is 5.97 Å². The molecule has 0 bridgehead atoms. The molecule has 0 spiro atoms. The first-order valence-corrected chi connectivity index (χ1v) is 5.28. The number of hydrogen-bond donors (Lipinski definition) is 0. The summed E-state index contributed by atoms with van der Waals surface area (Å²) in [5, 5.41) is 0. The van der Waals surface area contributed by atoms with Gasteiger partial charge in [-0.3, -0.25) is 4.79 Å². The summed E-state index contributed by atoms with van der Waals surface area (Å²) in [5.74, 6) is 0.00752. The Morgan fingerprint density at radius 2 is 2.23 bits per heavy atom. The van der Waals surface area contributed by atoms with Crippen LogP contribution in [0.3, 0.4) is 0 Å². The van der Waals surface area contributed by atoms with E-state index in [9.17, 15) is 4.79 Å². The molecule has 2 fully saturated rings. The fraction of sp³-hybridized carbons (Fsp3) is 0.909. The zero-order chi connectivity index (χ0) is 9.53. The summed E-state index contributed by atoms with van der Waals surface area (Å²) < 4.78 is 5.00. The van der Waals surface area contributed by atoms with Crippen molar-refractivity contribution >= 4 is 5.97 Å². The fourth-order valence-corrected chi connectivity index (χ4v) is 3.12. The van der Waals surface area contributed by atoms with Gasteiger partial charge in [0.2, 0.25) is 0 Å². The maximum absolute atomic E-state index is 11.4. The molecule has 2 rings (SSSR count). The molecule has 0 radical (unpaired) electrons. The quantitative estimate of drug-likeness (QED) is 0.627. The van der Waals surface area contributed by atoms with E-state index in [0.29, 0.717) is 23.9 Å². The Labute approximate surface area is 79.7 Å². The molecule has 0 saturated heterocycles. The predicted molar refractivity (Wildman–Crippen MR) is 50.3 cm³/mol. The SMILES string of the molecule is CCOC(=O)CC12CCCC1(C)C2. The maximum Gasteiger partial charge on any atom is 0.306 e. The van der Waals surface area contributed by atoms with Crippen LogP contribution in [0.25, 0.3) is 0 Å². The van der Waals surface area contributed by atoms with Gasteiger partial charge in [0.05, 0.1) is 13.0 Å². The van der Waals surface area contributed by atoms with Gasteiger partial charge in [0.25, 0.3) is 0 Å². The molecular formula is C11H18O2. The molecule has 0 aromatic carbocycles. The van der Waals surface area contributed by atoms with E-state index in [0.717, 1.165) is 0 Å². The number of rotatable bonds is 3. The van der Waals surface area contributed by atoms with Crippen LogP contribution in [0.15, 0.2) is 0 Å². The highest BCUT2D eigenvalue weighted by molar-refractivity contribution is 5.71. The Balaban J connectivity index is 1.93. The van der Waals surface area contributed by atoms with Gasteiger partial charge in [-0.15, -0.1) is 0 Å². The van der Waals surface area contributed by atoms with Crippen LogP contribution in [-0.4, -0.2) is 12.6 Å². The lowest BCUT2D eigenvalue weighted by Gasteiger charge is -2.13. The van der Waals surface area contributed by atoms with E-state index >= 15 is 0 Å². The zero-order valence-electron chi connectivity index (χ0n) is 8.56. The minimum atomic E-state index is 0.00752. The van der Waals surface area contributed by atoms with Crippen molar-refractivity contribution in [3.63, 3.8) is 0 Å². The number of fused-ring (bicyclic) bond motifs is 1. The smallest absolute Gasteiger partial charge is 0.306 e. The summed E-state index contributed by atoms with van der Waals surface area (Å²) in [7, 11) is 0. The minimum Gasteiger partial charge on any atom is -0.466 e. The lowest BCUT2D eigenvalue weighted by atomic mass is 9.94. The molecular weight excluding hydrogens is 164 g/mol. The second-order valence-corrected chi connectivity index (χ2v) is 4.85. The van der Waals surface area contributed by atoms with Crippen LogP contribution in [0.5, 0.6) is 0 Å². The average molecular weight is 182 g/mol. The number of carbonyl (C=O) groups is 1. The van der Waals surface area contributed by atoms with Gasteiger partial charge in [-0.1, -0.05) is 13.3 Å². The van der Waals surface area contributed by atoms with Gasteiger partial charge < -0.3 is 4.74 Å². The van der Waals surface area contributed by atoms with Crippen LogP contribution in [-0.2, 0) is 9.53 Å². The van der Waals surface area contributed by atoms with E-state index in [1.54, 1.807) is 0 Å². The van der Waals surface area contributed by atoms with Crippen LogP contribution in [0.1, 0.15) is 46.0 Å². The van der Waals surface area contributed by atoms with Gasteiger partial charge in [0.1, 0.15) is 0 Å². The summed E-state index contributed by atoms with van der Waals surface area (Å²) in [4.78, 5) is 11.4. The van der Waals surface area contributed by atoms with Crippen molar-refractivity contribution < 1.29 is 9.53 Å². The summed E-state index contributed by atoms with van der Waals surface area (Å²) in [6.45, 7) is 4.71. The molecule has 0 aliphatic heterocycles. The fourth-order valence-electron chi connectivity index (χ4n) is 3.12. The molecule has 2 aliphatic rings. The van der Waals surface area contributed by atoms with Crippen molar-refractivity contribution in [2.75, 3.05) is 6.61 Å². The van der Waals surface area contributed by atoms with E-state index < -0.39 is 0 Å². The summed E-state index contributed by atoms with van der Waals surface area (Å²) in [6.07, 6.45) is 5.76. The van der Waals surface area contributed by atoms with Crippen molar-refractivity contribution in [1.29, 1.82) is 0 Å². The molecule has 2 atom stereocenters. The van der Waals surface area contributed by atoms with Gasteiger partial charge >= 0.3 is 5.97 Å². The highest BCUT2D eigenvalue weighted by Gasteiger charge is 2.66. The third-order valence-corrected chi connectivity index (χ3v) is 4.06. The molecule has 0 N–H and O–H groups in total.